The summed E-state index contributed by atoms with van der Waals surface area (Å²) in [5.41, 5.74) is 0.740. The van der Waals surface area contributed by atoms with Crippen LogP contribution in [0.4, 0.5) is 10.5 Å². The van der Waals surface area contributed by atoms with Crippen molar-refractivity contribution >= 4 is 29.0 Å². The Morgan fingerprint density at radius 2 is 2.31 bits per heavy atom. The Morgan fingerprint density at radius 3 is 2.81 bits per heavy atom. The minimum absolute atomic E-state index is 0.0368. The second-order valence-corrected chi connectivity index (χ2v) is 3.95. The van der Waals surface area contributed by atoms with Gasteiger partial charge in [-0.05, 0) is 18.4 Å². The van der Waals surface area contributed by atoms with Crippen LogP contribution in [0.3, 0.4) is 0 Å². The zero-order valence-corrected chi connectivity index (χ0v) is 9.79. The number of hydrogen-bond donors (Lipinski definition) is 2. The van der Waals surface area contributed by atoms with Crippen molar-refractivity contribution in [3.05, 3.63) is 16.8 Å². The van der Waals surface area contributed by atoms with E-state index in [2.05, 4.69) is 5.32 Å². The topological polar surface area (TPSA) is 69.6 Å². The molecule has 0 bridgehead atoms. The number of carboxylic acids is 1. The van der Waals surface area contributed by atoms with Crippen LogP contribution in [0.1, 0.15) is 13.3 Å². The van der Waals surface area contributed by atoms with E-state index < -0.39 is 5.97 Å². The van der Waals surface area contributed by atoms with Gasteiger partial charge in [-0.25, -0.2) is 4.79 Å². The van der Waals surface area contributed by atoms with Crippen molar-refractivity contribution in [1.82, 2.24) is 4.90 Å². The molecular weight excluding hydrogens is 228 g/mol. The van der Waals surface area contributed by atoms with Crippen LogP contribution in [0.2, 0.25) is 0 Å². The molecule has 0 fully saturated rings. The summed E-state index contributed by atoms with van der Waals surface area (Å²) >= 11 is 1.49. The lowest BCUT2D eigenvalue weighted by molar-refractivity contribution is -0.137. The fraction of sp³-hybridized carbons (Fsp3) is 0.400. The average molecular weight is 242 g/mol. The summed E-state index contributed by atoms with van der Waals surface area (Å²) in [5, 5.41) is 14.9. The molecule has 1 rings (SSSR count). The Labute approximate surface area is 97.7 Å². The van der Waals surface area contributed by atoms with Gasteiger partial charge in [0, 0.05) is 18.5 Å². The molecule has 0 spiro atoms. The van der Waals surface area contributed by atoms with Crippen LogP contribution in [0, 0.1) is 0 Å². The second-order valence-electron chi connectivity index (χ2n) is 3.17. The predicted octanol–water partition coefficient (Wildman–Crippen LogP) is 2.08. The smallest absolute Gasteiger partial charge is 0.321 e. The summed E-state index contributed by atoms with van der Waals surface area (Å²) < 4.78 is 0. The molecule has 0 atom stereocenters. The van der Waals surface area contributed by atoms with Gasteiger partial charge in [0.05, 0.1) is 12.1 Å². The number of thiophene rings is 1. The lowest BCUT2D eigenvalue weighted by Gasteiger charge is -2.19. The first-order valence-electron chi connectivity index (χ1n) is 4.93. The molecule has 0 aliphatic carbocycles. The van der Waals surface area contributed by atoms with E-state index in [1.54, 1.807) is 6.07 Å². The molecule has 2 N–H and O–H groups in total. The van der Waals surface area contributed by atoms with Crippen molar-refractivity contribution in [3.8, 4) is 0 Å². The zero-order chi connectivity index (χ0) is 12.0. The van der Waals surface area contributed by atoms with E-state index in [4.69, 9.17) is 5.11 Å². The van der Waals surface area contributed by atoms with Crippen molar-refractivity contribution in [2.45, 2.75) is 13.3 Å². The molecule has 16 heavy (non-hydrogen) atoms. The molecule has 0 saturated carbocycles. The third-order valence-corrected chi connectivity index (χ3v) is 2.72. The van der Waals surface area contributed by atoms with Gasteiger partial charge in [0.15, 0.2) is 0 Å². The lowest BCUT2D eigenvalue weighted by atomic mass is 10.4. The monoisotopic (exact) mass is 242 g/mol. The van der Waals surface area contributed by atoms with Crippen LogP contribution in [-0.2, 0) is 4.79 Å². The van der Waals surface area contributed by atoms with Gasteiger partial charge < -0.3 is 15.3 Å². The Morgan fingerprint density at radius 1 is 1.56 bits per heavy atom. The summed E-state index contributed by atoms with van der Waals surface area (Å²) in [5.74, 6) is -0.901. The molecule has 6 heteroatoms. The van der Waals surface area contributed by atoms with Gasteiger partial charge in [-0.1, -0.05) is 0 Å². The molecule has 0 aromatic carbocycles. The van der Waals surface area contributed by atoms with Crippen LogP contribution in [0.15, 0.2) is 16.8 Å². The number of carbonyl (C=O) groups excluding carboxylic acids is 1. The van der Waals surface area contributed by atoms with E-state index >= 15 is 0 Å². The van der Waals surface area contributed by atoms with Crippen molar-refractivity contribution in [2.75, 3.05) is 18.4 Å². The fourth-order valence-electron chi connectivity index (χ4n) is 1.17. The summed E-state index contributed by atoms with van der Waals surface area (Å²) in [7, 11) is 0. The number of nitrogens with one attached hydrogen (secondary N) is 1. The van der Waals surface area contributed by atoms with Crippen molar-refractivity contribution in [1.29, 1.82) is 0 Å². The Hall–Kier alpha value is -1.56. The standard InChI is InChI=1S/C10H14N2O3S/c1-2-12(5-3-9(13)14)10(15)11-8-4-6-16-7-8/h4,6-7H,2-3,5H2,1H3,(H,11,15)(H,13,14). The molecule has 5 nitrogen and oxygen atoms in total. The third kappa shape index (κ3) is 3.90. The number of urea groups is 1. The van der Waals surface area contributed by atoms with Gasteiger partial charge >= 0.3 is 12.0 Å². The largest absolute Gasteiger partial charge is 0.481 e. The minimum atomic E-state index is -0.901. The van der Waals surface area contributed by atoms with Gasteiger partial charge in [0.1, 0.15) is 0 Å². The maximum Gasteiger partial charge on any atom is 0.321 e. The van der Waals surface area contributed by atoms with Gasteiger partial charge in [0.2, 0.25) is 0 Å². The molecule has 1 aromatic rings. The molecular formula is C10H14N2O3S. The normalized spacial score (nSPS) is 9.81. The molecule has 0 radical (unpaired) electrons. The second kappa shape index (κ2) is 6.12. The number of nitrogens with zero attached hydrogens (tertiary/aromatic N) is 1. The van der Waals surface area contributed by atoms with Gasteiger partial charge in [-0.15, -0.1) is 0 Å². The van der Waals surface area contributed by atoms with E-state index in [9.17, 15) is 9.59 Å². The zero-order valence-electron chi connectivity index (χ0n) is 8.97. The van der Waals surface area contributed by atoms with Crippen LogP contribution >= 0.6 is 11.3 Å². The summed E-state index contributed by atoms with van der Waals surface area (Å²) in [6.07, 6.45) is -0.0368. The Bertz CT molecular complexity index is 351. The first kappa shape index (κ1) is 12.5. The van der Waals surface area contributed by atoms with Crippen molar-refractivity contribution in [2.24, 2.45) is 0 Å². The molecule has 0 aliphatic heterocycles. The van der Waals surface area contributed by atoms with Crippen LogP contribution < -0.4 is 5.32 Å². The van der Waals surface area contributed by atoms with Gasteiger partial charge in [0.25, 0.3) is 0 Å². The molecule has 1 aromatic heterocycles. The Kier molecular flexibility index (Phi) is 4.78. The van der Waals surface area contributed by atoms with E-state index in [-0.39, 0.29) is 19.0 Å². The van der Waals surface area contributed by atoms with E-state index in [1.165, 1.54) is 16.2 Å². The molecule has 2 amide bonds. The van der Waals surface area contributed by atoms with Crippen LogP contribution in [0.5, 0.6) is 0 Å². The van der Waals surface area contributed by atoms with Crippen molar-refractivity contribution in [3.63, 3.8) is 0 Å². The average Bonchev–Trinajstić information content (AvgIpc) is 2.71. The highest BCUT2D eigenvalue weighted by Gasteiger charge is 2.12. The fourth-order valence-corrected chi connectivity index (χ4v) is 1.76. The molecule has 0 aliphatic rings. The number of amides is 2. The maximum absolute atomic E-state index is 11.7. The summed E-state index contributed by atoms with van der Waals surface area (Å²) in [6, 6.07) is 1.54. The predicted molar refractivity (Wildman–Crippen MR) is 62.8 cm³/mol. The molecule has 88 valence electrons. The van der Waals surface area contributed by atoms with Crippen LogP contribution in [-0.4, -0.2) is 35.1 Å². The summed E-state index contributed by atoms with van der Waals surface area (Å²) in [4.78, 5) is 23.5. The van der Waals surface area contributed by atoms with Crippen LogP contribution in [0.25, 0.3) is 0 Å². The van der Waals surface area contributed by atoms with E-state index in [1.807, 2.05) is 17.7 Å². The number of hydrogen-bond acceptors (Lipinski definition) is 3. The first-order valence-corrected chi connectivity index (χ1v) is 5.87. The van der Waals surface area contributed by atoms with Gasteiger partial charge in [-0.3, -0.25) is 4.79 Å². The first-order chi connectivity index (χ1) is 7.63. The molecule has 0 unspecified atom stereocenters. The van der Waals surface area contributed by atoms with E-state index in [0.717, 1.165) is 5.69 Å². The third-order valence-electron chi connectivity index (χ3n) is 2.04. The number of rotatable bonds is 5. The highest BCUT2D eigenvalue weighted by atomic mass is 32.1. The number of carboxylic acid groups (broad SMARTS) is 1. The van der Waals surface area contributed by atoms with Gasteiger partial charge in [-0.2, -0.15) is 11.3 Å². The summed E-state index contributed by atoms with van der Waals surface area (Å²) in [6.45, 7) is 2.53. The highest BCUT2D eigenvalue weighted by molar-refractivity contribution is 7.08. The van der Waals surface area contributed by atoms with E-state index in [0.29, 0.717) is 6.54 Å². The molecule has 0 saturated heterocycles. The number of carbonyl (C=O) groups is 2. The minimum Gasteiger partial charge on any atom is -0.481 e. The number of aliphatic carboxylic acids is 1. The molecule has 1 heterocycles. The lowest BCUT2D eigenvalue weighted by Crippen LogP contribution is -2.36. The quantitative estimate of drug-likeness (QED) is 0.830. The van der Waals surface area contributed by atoms with Crippen molar-refractivity contribution < 1.29 is 14.7 Å². The highest BCUT2D eigenvalue weighted by Crippen LogP contribution is 2.12. The SMILES string of the molecule is CCN(CCC(=O)O)C(=O)Nc1ccsc1. The maximum atomic E-state index is 11.7. The Balaban J connectivity index is 2.46. The number of anilines is 1.